The van der Waals surface area contributed by atoms with E-state index in [1.54, 1.807) is 12.1 Å². The number of β-amino-alcohol motifs (C(OH)–C–C–N with tert-alkyl or cyclic N) is 1. The Bertz CT molecular complexity index is 499. The van der Waals surface area contributed by atoms with Crippen molar-refractivity contribution in [3.63, 3.8) is 0 Å². The van der Waals surface area contributed by atoms with Crippen molar-refractivity contribution < 1.29 is 19.4 Å². The van der Waals surface area contributed by atoms with Crippen molar-refractivity contribution in [2.45, 2.75) is 19.3 Å². The molecule has 0 bridgehead atoms. The van der Waals surface area contributed by atoms with Crippen LogP contribution in [0.5, 0.6) is 5.75 Å². The van der Waals surface area contributed by atoms with E-state index in [2.05, 4.69) is 0 Å². The molecule has 1 aromatic rings. The van der Waals surface area contributed by atoms with E-state index in [4.69, 9.17) is 10.5 Å². The Kier molecular flexibility index (Phi) is 2.96. The minimum Gasteiger partial charge on any atom is -0.461 e. The van der Waals surface area contributed by atoms with E-state index in [0.717, 1.165) is 0 Å². The average molecular weight is 250 g/mol. The highest BCUT2D eigenvalue weighted by Crippen LogP contribution is 2.28. The number of fused-ring (bicyclic) bond motifs is 1. The molecular formula is C12H14N2O4. The maximum absolute atomic E-state index is 11.1. The third-order valence-corrected chi connectivity index (χ3v) is 2.70. The van der Waals surface area contributed by atoms with Gasteiger partial charge in [0.25, 0.3) is 0 Å². The van der Waals surface area contributed by atoms with Gasteiger partial charge in [0.15, 0.2) is 0 Å². The molecule has 2 amide bonds. The van der Waals surface area contributed by atoms with E-state index in [1.807, 2.05) is 0 Å². The van der Waals surface area contributed by atoms with Gasteiger partial charge in [0.2, 0.25) is 18.1 Å². The zero-order valence-electron chi connectivity index (χ0n) is 9.92. The zero-order chi connectivity index (χ0) is 13.3. The molecule has 0 spiro atoms. The fourth-order valence-electron chi connectivity index (χ4n) is 1.93. The molecule has 1 aromatic carbocycles. The summed E-state index contributed by atoms with van der Waals surface area (Å²) in [7, 11) is 0. The lowest BCUT2D eigenvalue weighted by Crippen LogP contribution is -2.42. The summed E-state index contributed by atoms with van der Waals surface area (Å²) < 4.78 is 5.41. The van der Waals surface area contributed by atoms with Gasteiger partial charge in [-0.05, 0) is 12.1 Å². The smallest absolute Gasteiger partial charge is 0.248 e. The number of hydrogen-bond donors (Lipinski definition) is 2. The topological polar surface area (TPSA) is 92.9 Å². The highest BCUT2D eigenvalue weighted by atomic mass is 16.6. The van der Waals surface area contributed by atoms with Gasteiger partial charge in [-0.1, -0.05) is 6.07 Å². The molecular weight excluding hydrogens is 236 g/mol. The van der Waals surface area contributed by atoms with Gasteiger partial charge in [0, 0.05) is 24.6 Å². The maximum atomic E-state index is 11.1. The lowest BCUT2D eigenvalue weighted by atomic mass is 10.1. The van der Waals surface area contributed by atoms with Gasteiger partial charge < -0.3 is 20.5 Å². The molecule has 6 heteroatoms. The van der Waals surface area contributed by atoms with E-state index in [0.29, 0.717) is 29.8 Å². The van der Waals surface area contributed by atoms with Crippen LogP contribution in [0.25, 0.3) is 0 Å². The van der Waals surface area contributed by atoms with Gasteiger partial charge >= 0.3 is 0 Å². The average Bonchev–Trinajstić information content (AvgIpc) is 2.41. The normalized spacial score (nSPS) is 22.7. The number of nitrogens with zero attached hydrogens (tertiary/aromatic N) is 1. The quantitative estimate of drug-likeness (QED) is 0.713. The molecule has 1 aliphatic rings. The number of nitrogens with two attached hydrogens (primary N) is 1. The van der Waals surface area contributed by atoms with Crippen LogP contribution in [-0.2, 0) is 11.3 Å². The van der Waals surface area contributed by atoms with Crippen molar-refractivity contribution in [2.24, 2.45) is 5.73 Å². The first kappa shape index (κ1) is 12.4. The second-order valence-electron chi connectivity index (χ2n) is 4.47. The Labute approximate surface area is 104 Å². The van der Waals surface area contributed by atoms with Crippen molar-refractivity contribution in [1.82, 2.24) is 4.90 Å². The van der Waals surface area contributed by atoms with Gasteiger partial charge in [-0.15, -0.1) is 0 Å². The predicted molar refractivity (Wildman–Crippen MR) is 62.7 cm³/mol. The third-order valence-electron chi connectivity index (χ3n) is 2.70. The summed E-state index contributed by atoms with van der Waals surface area (Å²) in [6.07, 6.45) is 0.648. The molecule has 0 aliphatic carbocycles. The predicted octanol–water partition coefficient (Wildman–Crippen LogP) is -0.155. The number of hydrogen-bond acceptors (Lipinski definition) is 4. The Hall–Kier alpha value is -2.08. The van der Waals surface area contributed by atoms with Crippen LogP contribution in [0, 0.1) is 0 Å². The summed E-state index contributed by atoms with van der Waals surface area (Å²) in [6.45, 7) is 1.82. The molecule has 1 atom stereocenters. The number of aliphatic hydroxyl groups is 1. The van der Waals surface area contributed by atoms with Crippen molar-refractivity contribution in [1.29, 1.82) is 0 Å². The van der Waals surface area contributed by atoms with E-state index >= 15 is 0 Å². The van der Waals surface area contributed by atoms with Crippen LogP contribution in [0.3, 0.4) is 0 Å². The molecule has 0 aromatic heterocycles. The van der Waals surface area contributed by atoms with E-state index in [-0.39, 0.29) is 6.54 Å². The van der Waals surface area contributed by atoms with Crippen LogP contribution in [0.15, 0.2) is 18.2 Å². The van der Waals surface area contributed by atoms with Gasteiger partial charge in [-0.2, -0.15) is 0 Å². The van der Waals surface area contributed by atoms with E-state index < -0.39 is 11.7 Å². The SMILES string of the molecule is C[C@]1(O)CN(C=O)Cc2ccc(C(N)=O)cc2O1. The van der Waals surface area contributed by atoms with Crippen LogP contribution in [0.2, 0.25) is 0 Å². The molecule has 2 rings (SSSR count). The van der Waals surface area contributed by atoms with Crippen molar-refractivity contribution in [3.05, 3.63) is 29.3 Å². The molecule has 0 fully saturated rings. The van der Waals surface area contributed by atoms with Crippen molar-refractivity contribution in [2.75, 3.05) is 6.54 Å². The Morgan fingerprint density at radius 1 is 1.61 bits per heavy atom. The lowest BCUT2D eigenvalue weighted by molar-refractivity contribution is -0.144. The second kappa shape index (κ2) is 4.30. The number of primary amides is 1. The van der Waals surface area contributed by atoms with Gasteiger partial charge in [0.05, 0.1) is 6.54 Å². The first-order valence-corrected chi connectivity index (χ1v) is 5.45. The number of amides is 2. The molecule has 0 unspecified atom stereocenters. The molecule has 1 heterocycles. The first-order valence-electron chi connectivity index (χ1n) is 5.45. The second-order valence-corrected chi connectivity index (χ2v) is 4.47. The lowest BCUT2D eigenvalue weighted by Gasteiger charge is -2.25. The minimum absolute atomic E-state index is 0.0527. The molecule has 0 saturated heterocycles. The Morgan fingerprint density at radius 3 is 2.94 bits per heavy atom. The van der Waals surface area contributed by atoms with Crippen LogP contribution in [-0.4, -0.2) is 34.7 Å². The summed E-state index contributed by atoms with van der Waals surface area (Å²) >= 11 is 0. The molecule has 3 N–H and O–H groups in total. The number of carbonyl (C=O) groups is 2. The Morgan fingerprint density at radius 2 is 2.33 bits per heavy atom. The van der Waals surface area contributed by atoms with Crippen molar-refractivity contribution >= 4 is 12.3 Å². The molecule has 0 saturated carbocycles. The summed E-state index contributed by atoms with van der Waals surface area (Å²) in [4.78, 5) is 23.4. The standard InChI is InChI=1S/C12H14N2O4/c1-12(17)6-14(7-15)5-9-3-2-8(11(13)16)4-10(9)18-12/h2-4,7,17H,5-6H2,1H3,(H2,13,16)/t12-/m1/s1. The largest absolute Gasteiger partial charge is 0.461 e. The number of ether oxygens (including phenoxy) is 1. The van der Waals surface area contributed by atoms with E-state index in [9.17, 15) is 14.7 Å². The van der Waals surface area contributed by atoms with E-state index in [1.165, 1.54) is 17.9 Å². The third kappa shape index (κ3) is 2.43. The molecule has 1 aliphatic heterocycles. The molecule has 0 radical (unpaired) electrons. The summed E-state index contributed by atoms with van der Waals surface area (Å²) in [5.41, 5.74) is 6.19. The van der Waals surface area contributed by atoms with Crippen LogP contribution in [0.1, 0.15) is 22.8 Å². The number of carbonyl (C=O) groups excluding carboxylic acids is 2. The zero-order valence-corrected chi connectivity index (χ0v) is 9.92. The maximum Gasteiger partial charge on any atom is 0.248 e. The van der Waals surface area contributed by atoms with Crippen LogP contribution < -0.4 is 10.5 Å². The van der Waals surface area contributed by atoms with Crippen LogP contribution in [0.4, 0.5) is 0 Å². The summed E-state index contributed by atoms with van der Waals surface area (Å²) in [5.74, 6) is -1.71. The Balaban J connectivity index is 2.44. The van der Waals surface area contributed by atoms with Gasteiger partial charge in [-0.3, -0.25) is 9.59 Å². The minimum atomic E-state index is -1.50. The van der Waals surface area contributed by atoms with Crippen molar-refractivity contribution in [3.8, 4) is 5.75 Å². The molecule has 96 valence electrons. The summed E-state index contributed by atoms with van der Waals surface area (Å²) in [5, 5.41) is 9.99. The van der Waals surface area contributed by atoms with Gasteiger partial charge in [0.1, 0.15) is 5.75 Å². The summed E-state index contributed by atoms with van der Waals surface area (Å²) in [6, 6.07) is 4.70. The molecule has 18 heavy (non-hydrogen) atoms. The molecule has 6 nitrogen and oxygen atoms in total. The fraction of sp³-hybridized carbons (Fsp3) is 0.333. The number of rotatable bonds is 2. The van der Waals surface area contributed by atoms with Gasteiger partial charge in [-0.25, -0.2) is 0 Å². The first-order chi connectivity index (χ1) is 8.41. The fourth-order valence-corrected chi connectivity index (χ4v) is 1.93. The highest BCUT2D eigenvalue weighted by molar-refractivity contribution is 5.93. The monoisotopic (exact) mass is 250 g/mol. The highest BCUT2D eigenvalue weighted by Gasteiger charge is 2.30. The van der Waals surface area contributed by atoms with Crippen LogP contribution >= 0.6 is 0 Å². The number of benzene rings is 1.